The van der Waals surface area contributed by atoms with Gasteiger partial charge in [0.05, 0.1) is 11.9 Å². The van der Waals surface area contributed by atoms with Crippen molar-refractivity contribution in [2.75, 3.05) is 13.1 Å². The molecule has 0 aromatic carbocycles. The second kappa shape index (κ2) is 4.91. The maximum Gasteiger partial charge on any atom is 0.219 e. The fourth-order valence-corrected chi connectivity index (χ4v) is 2.23. The van der Waals surface area contributed by atoms with Gasteiger partial charge in [0.25, 0.3) is 0 Å². The van der Waals surface area contributed by atoms with E-state index in [0.717, 1.165) is 36.2 Å². The molecule has 5 heteroatoms. The van der Waals surface area contributed by atoms with Gasteiger partial charge in [0.1, 0.15) is 4.60 Å². The number of carbonyl (C=O) groups is 1. The SMILES string of the molecule is CC(=O)N1CC[C@H](Cc2cnc(Br)cn2)C1. The van der Waals surface area contributed by atoms with E-state index in [-0.39, 0.29) is 5.91 Å². The average Bonchev–Trinajstić information content (AvgIpc) is 2.70. The van der Waals surface area contributed by atoms with Gasteiger partial charge in [0.2, 0.25) is 5.91 Å². The van der Waals surface area contributed by atoms with Crippen LogP contribution in [-0.4, -0.2) is 33.9 Å². The highest BCUT2D eigenvalue weighted by Gasteiger charge is 2.24. The summed E-state index contributed by atoms with van der Waals surface area (Å²) in [6, 6.07) is 0. The molecule has 1 aromatic rings. The molecule has 1 fully saturated rings. The van der Waals surface area contributed by atoms with Gasteiger partial charge in [0.15, 0.2) is 0 Å². The van der Waals surface area contributed by atoms with Crippen molar-refractivity contribution in [3.8, 4) is 0 Å². The lowest BCUT2D eigenvalue weighted by atomic mass is 10.0. The second-order valence-corrected chi connectivity index (χ2v) is 4.97. The van der Waals surface area contributed by atoms with Gasteiger partial charge in [-0.25, -0.2) is 4.98 Å². The predicted octanol–water partition coefficient (Wildman–Crippen LogP) is 1.65. The number of amides is 1. The first-order valence-corrected chi connectivity index (χ1v) is 6.16. The Labute approximate surface area is 103 Å². The number of halogens is 1. The fraction of sp³-hybridized carbons (Fsp3) is 0.545. The van der Waals surface area contributed by atoms with Crippen molar-refractivity contribution in [2.45, 2.75) is 19.8 Å². The number of likely N-dealkylation sites (tertiary alicyclic amines) is 1. The summed E-state index contributed by atoms with van der Waals surface area (Å²) in [6.45, 7) is 3.36. The molecule has 0 saturated carbocycles. The van der Waals surface area contributed by atoms with Crippen LogP contribution in [0.1, 0.15) is 19.0 Å². The quantitative estimate of drug-likeness (QED) is 0.829. The summed E-state index contributed by atoms with van der Waals surface area (Å²) in [5.41, 5.74) is 0.999. The Bertz CT molecular complexity index is 379. The van der Waals surface area contributed by atoms with Crippen LogP contribution < -0.4 is 0 Å². The second-order valence-electron chi connectivity index (χ2n) is 4.15. The molecule has 0 unspecified atom stereocenters. The standard InChI is InChI=1S/C11H14BrN3O/c1-8(16)15-3-2-9(7-15)4-10-5-14-11(12)6-13-10/h5-6,9H,2-4,7H2,1H3/t9-/m1/s1. The first kappa shape index (κ1) is 11.5. The Morgan fingerprint density at radius 2 is 2.38 bits per heavy atom. The minimum Gasteiger partial charge on any atom is -0.343 e. The molecule has 1 aromatic heterocycles. The third kappa shape index (κ3) is 2.78. The maximum atomic E-state index is 11.2. The van der Waals surface area contributed by atoms with E-state index >= 15 is 0 Å². The molecule has 0 N–H and O–H groups in total. The molecule has 2 heterocycles. The normalized spacial score (nSPS) is 20.1. The van der Waals surface area contributed by atoms with Crippen molar-refractivity contribution in [3.05, 3.63) is 22.7 Å². The highest BCUT2D eigenvalue weighted by Crippen LogP contribution is 2.20. The van der Waals surface area contributed by atoms with Crippen LogP contribution in [0.2, 0.25) is 0 Å². The predicted molar refractivity (Wildman–Crippen MR) is 63.8 cm³/mol. The molecular weight excluding hydrogens is 270 g/mol. The van der Waals surface area contributed by atoms with Gasteiger partial charge < -0.3 is 4.90 Å². The summed E-state index contributed by atoms with van der Waals surface area (Å²) >= 11 is 3.26. The molecule has 0 radical (unpaired) electrons. The Morgan fingerprint density at radius 3 is 2.94 bits per heavy atom. The smallest absolute Gasteiger partial charge is 0.219 e. The summed E-state index contributed by atoms with van der Waals surface area (Å²) in [7, 11) is 0. The third-order valence-corrected chi connectivity index (χ3v) is 3.31. The molecule has 1 aliphatic heterocycles. The zero-order valence-electron chi connectivity index (χ0n) is 9.19. The number of rotatable bonds is 2. The van der Waals surface area contributed by atoms with E-state index < -0.39 is 0 Å². The van der Waals surface area contributed by atoms with Crippen molar-refractivity contribution in [1.82, 2.24) is 14.9 Å². The molecular formula is C11H14BrN3O. The van der Waals surface area contributed by atoms with Crippen molar-refractivity contribution < 1.29 is 4.79 Å². The number of hydrogen-bond acceptors (Lipinski definition) is 3. The molecule has 0 spiro atoms. The van der Waals surface area contributed by atoms with Gasteiger partial charge in [-0.2, -0.15) is 0 Å². The van der Waals surface area contributed by atoms with Crippen molar-refractivity contribution in [1.29, 1.82) is 0 Å². The average molecular weight is 284 g/mol. The summed E-state index contributed by atoms with van der Waals surface area (Å²) < 4.78 is 0.757. The Morgan fingerprint density at radius 1 is 1.56 bits per heavy atom. The maximum absolute atomic E-state index is 11.2. The van der Waals surface area contributed by atoms with Gasteiger partial charge in [-0.3, -0.25) is 9.78 Å². The van der Waals surface area contributed by atoms with E-state index in [4.69, 9.17) is 0 Å². The monoisotopic (exact) mass is 283 g/mol. The van der Waals surface area contributed by atoms with E-state index in [1.165, 1.54) is 0 Å². The molecule has 1 amide bonds. The summed E-state index contributed by atoms with van der Waals surface area (Å²) in [5, 5.41) is 0. The molecule has 0 aliphatic carbocycles. The van der Waals surface area contributed by atoms with Crippen LogP contribution in [0.5, 0.6) is 0 Å². The van der Waals surface area contributed by atoms with Crippen LogP contribution in [-0.2, 0) is 11.2 Å². The zero-order valence-corrected chi connectivity index (χ0v) is 10.8. The fourth-order valence-electron chi connectivity index (χ4n) is 2.03. The minimum absolute atomic E-state index is 0.171. The lowest BCUT2D eigenvalue weighted by Crippen LogP contribution is -2.26. The largest absolute Gasteiger partial charge is 0.343 e. The van der Waals surface area contributed by atoms with Crippen LogP contribution >= 0.6 is 15.9 Å². The first-order valence-electron chi connectivity index (χ1n) is 5.37. The van der Waals surface area contributed by atoms with Gasteiger partial charge in [0, 0.05) is 26.2 Å². The molecule has 1 saturated heterocycles. The van der Waals surface area contributed by atoms with Gasteiger partial charge in [-0.1, -0.05) is 0 Å². The van der Waals surface area contributed by atoms with Crippen LogP contribution in [0.4, 0.5) is 0 Å². The molecule has 4 nitrogen and oxygen atoms in total. The number of hydrogen-bond donors (Lipinski definition) is 0. The van der Waals surface area contributed by atoms with Gasteiger partial charge in [-0.15, -0.1) is 0 Å². The summed E-state index contributed by atoms with van der Waals surface area (Å²) in [6.07, 6.45) is 5.48. The molecule has 86 valence electrons. The van der Waals surface area contributed by atoms with Crippen LogP contribution in [0.25, 0.3) is 0 Å². The van der Waals surface area contributed by atoms with Gasteiger partial charge in [-0.05, 0) is 34.7 Å². The highest BCUT2D eigenvalue weighted by atomic mass is 79.9. The molecule has 1 aliphatic rings. The third-order valence-electron chi connectivity index (χ3n) is 2.90. The van der Waals surface area contributed by atoms with E-state index in [1.807, 2.05) is 4.90 Å². The molecule has 2 rings (SSSR count). The first-order chi connectivity index (χ1) is 7.65. The van der Waals surface area contributed by atoms with E-state index in [1.54, 1.807) is 19.3 Å². The van der Waals surface area contributed by atoms with Crippen LogP contribution in [0, 0.1) is 5.92 Å². The lowest BCUT2D eigenvalue weighted by molar-refractivity contribution is -0.127. The number of carbonyl (C=O) groups excluding carboxylic acids is 1. The van der Waals surface area contributed by atoms with Crippen molar-refractivity contribution in [2.24, 2.45) is 5.92 Å². The minimum atomic E-state index is 0.171. The number of aromatic nitrogens is 2. The van der Waals surface area contributed by atoms with Gasteiger partial charge >= 0.3 is 0 Å². The Kier molecular flexibility index (Phi) is 3.53. The van der Waals surface area contributed by atoms with Crippen molar-refractivity contribution >= 4 is 21.8 Å². The topological polar surface area (TPSA) is 46.1 Å². The van der Waals surface area contributed by atoms with E-state index in [9.17, 15) is 4.79 Å². The number of nitrogens with zero attached hydrogens (tertiary/aromatic N) is 3. The summed E-state index contributed by atoms with van der Waals surface area (Å²) in [4.78, 5) is 21.5. The molecule has 16 heavy (non-hydrogen) atoms. The highest BCUT2D eigenvalue weighted by molar-refractivity contribution is 9.10. The van der Waals surface area contributed by atoms with E-state index in [0.29, 0.717) is 5.92 Å². The van der Waals surface area contributed by atoms with Crippen molar-refractivity contribution in [3.63, 3.8) is 0 Å². The molecule has 1 atom stereocenters. The Balaban J connectivity index is 1.92. The molecule has 0 bridgehead atoms. The van der Waals surface area contributed by atoms with E-state index in [2.05, 4.69) is 25.9 Å². The Hall–Kier alpha value is -0.970. The lowest BCUT2D eigenvalue weighted by Gasteiger charge is -2.13. The summed E-state index contributed by atoms with van der Waals surface area (Å²) in [5.74, 6) is 0.698. The zero-order chi connectivity index (χ0) is 11.5. The van der Waals surface area contributed by atoms with Crippen LogP contribution in [0.3, 0.4) is 0 Å². The van der Waals surface area contributed by atoms with Crippen LogP contribution in [0.15, 0.2) is 17.0 Å².